The molecule has 2 nitrogen and oxygen atoms in total. The molecular weight excluding hydrogens is 230 g/mol. The summed E-state index contributed by atoms with van der Waals surface area (Å²) in [5.41, 5.74) is 7.22. The molecule has 0 aliphatic carbocycles. The number of nitrogens with two attached hydrogens (primary N) is 1. The van der Waals surface area contributed by atoms with Crippen LogP contribution < -0.4 is 5.73 Å². The third kappa shape index (κ3) is 6.10. The lowest BCUT2D eigenvalue weighted by Gasteiger charge is -2.19. The molecule has 96 valence electrons. The van der Waals surface area contributed by atoms with Crippen LogP contribution in [0.2, 0.25) is 0 Å². The average molecular weight is 253 g/mol. The molecule has 1 rings (SSSR count). The number of aliphatic hydroxyl groups excluding tert-OH is 1. The van der Waals surface area contributed by atoms with E-state index in [4.69, 9.17) is 5.73 Å². The van der Waals surface area contributed by atoms with Gasteiger partial charge in [-0.25, -0.2) is 0 Å². The minimum Gasteiger partial charge on any atom is -0.391 e. The van der Waals surface area contributed by atoms with E-state index in [0.29, 0.717) is 5.92 Å². The molecule has 0 fully saturated rings. The van der Waals surface area contributed by atoms with Crippen LogP contribution in [0.15, 0.2) is 30.3 Å². The molecule has 2 unspecified atom stereocenters. The Morgan fingerprint density at radius 2 is 1.82 bits per heavy atom. The van der Waals surface area contributed by atoms with Crippen LogP contribution in [-0.4, -0.2) is 16.6 Å². The molecule has 0 bridgehead atoms. The predicted molar refractivity (Wildman–Crippen MR) is 75.8 cm³/mol. The van der Waals surface area contributed by atoms with Crippen molar-refractivity contribution >= 4 is 11.8 Å². The summed E-state index contributed by atoms with van der Waals surface area (Å²) in [6.45, 7) is 4.32. The molecule has 0 aliphatic rings. The van der Waals surface area contributed by atoms with Gasteiger partial charge in [0.05, 0.1) is 11.5 Å². The Labute approximate surface area is 109 Å². The lowest BCUT2D eigenvalue weighted by Crippen LogP contribution is -2.31. The van der Waals surface area contributed by atoms with Gasteiger partial charge in [-0.2, -0.15) is 0 Å². The Morgan fingerprint density at radius 3 is 2.41 bits per heavy atom. The summed E-state index contributed by atoms with van der Waals surface area (Å²) in [4.78, 5) is 0. The van der Waals surface area contributed by atoms with Crippen LogP contribution in [0.1, 0.15) is 32.3 Å². The molecule has 1 aromatic rings. The van der Waals surface area contributed by atoms with Crippen molar-refractivity contribution in [3.8, 4) is 0 Å². The van der Waals surface area contributed by atoms with Gasteiger partial charge < -0.3 is 10.8 Å². The molecule has 3 N–H and O–H groups in total. The smallest absolute Gasteiger partial charge is 0.0784 e. The van der Waals surface area contributed by atoms with E-state index in [0.717, 1.165) is 18.6 Å². The molecule has 17 heavy (non-hydrogen) atoms. The number of thioether (sulfide) groups is 1. The summed E-state index contributed by atoms with van der Waals surface area (Å²) >= 11 is 1.62. The number of hydrogen-bond acceptors (Lipinski definition) is 3. The van der Waals surface area contributed by atoms with Crippen LogP contribution in [0.4, 0.5) is 0 Å². The summed E-state index contributed by atoms with van der Waals surface area (Å²) in [7, 11) is 0. The van der Waals surface area contributed by atoms with Crippen molar-refractivity contribution < 1.29 is 5.11 Å². The van der Waals surface area contributed by atoms with Crippen LogP contribution in [0.3, 0.4) is 0 Å². The molecule has 0 heterocycles. The van der Waals surface area contributed by atoms with E-state index in [2.05, 4.69) is 26.0 Å². The highest BCUT2D eigenvalue weighted by atomic mass is 32.2. The van der Waals surface area contributed by atoms with E-state index >= 15 is 0 Å². The monoisotopic (exact) mass is 253 g/mol. The van der Waals surface area contributed by atoms with Gasteiger partial charge in [0.25, 0.3) is 0 Å². The summed E-state index contributed by atoms with van der Waals surface area (Å²) < 4.78 is 0. The van der Waals surface area contributed by atoms with E-state index in [1.807, 2.05) is 18.2 Å². The highest BCUT2D eigenvalue weighted by Crippen LogP contribution is 2.20. The van der Waals surface area contributed by atoms with E-state index < -0.39 is 6.10 Å². The number of hydrogen-bond donors (Lipinski definition) is 2. The van der Waals surface area contributed by atoms with Gasteiger partial charge in [0.2, 0.25) is 0 Å². The second-order valence-corrected chi connectivity index (χ2v) is 5.97. The minimum atomic E-state index is -0.397. The van der Waals surface area contributed by atoms with Crippen molar-refractivity contribution in [2.24, 2.45) is 11.7 Å². The van der Waals surface area contributed by atoms with E-state index in [9.17, 15) is 5.11 Å². The Hall–Kier alpha value is -0.510. The van der Waals surface area contributed by atoms with Gasteiger partial charge in [-0.3, -0.25) is 0 Å². The zero-order valence-electron chi connectivity index (χ0n) is 10.7. The van der Waals surface area contributed by atoms with E-state index in [1.54, 1.807) is 11.8 Å². The summed E-state index contributed by atoms with van der Waals surface area (Å²) in [6, 6.07) is 10.2. The predicted octanol–water partition coefficient (Wildman–Crippen LogP) is 3.00. The van der Waals surface area contributed by atoms with Crippen LogP contribution in [0.25, 0.3) is 0 Å². The topological polar surface area (TPSA) is 46.2 Å². The molecule has 2 atom stereocenters. The van der Waals surface area contributed by atoms with Crippen LogP contribution in [-0.2, 0) is 5.75 Å². The van der Waals surface area contributed by atoms with Crippen LogP contribution in [0, 0.1) is 5.92 Å². The number of rotatable bonds is 7. The van der Waals surface area contributed by atoms with Crippen LogP contribution >= 0.6 is 11.8 Å². The van der Waals surface area contributed by atoms with Crippen molar-refractivity contribution in [2.75, 3.05) is 0 Å². The molecule has 0 amide bonds. The fraction of sp³-hybridized carbons (Fsp3) is 0.571. The molecule has 0 radical (unpaired) electrons. The molecule has 0 saturated carbocycles. The molecule has 0 aliphatic heterocycles. The van der Waals surface area contributed by atoms with Crippen LogP contribution in [0.5, 0.6) is 0 Å². The Kier molecular flexibility index (Phi) is 6.63. The first-order valence-corrected chi connectivity index (χ1v) is 7.23. The third-order valence-corrected chi connectivity index (χ3v) is 3.90. The average Bonchev–Trinajstić information content (AvgIpc) is 2.34. The molecule has 0 spiro atoms. The minimum absolute atomic E-state index is 0.186. The summed E-state index contributed by atoms with van der Waals surface area (Å²) in [5, 5.41) is 9.71. The van der Waals surface area contributed by atoms with Gasteiger partial charge in [-0.05, 0) is 24.3 Å². The van der Waals surface area contributed by atoms with E-state index in [-0.39, 0.29) is 5.37 Å². The Balaban J connectivity index is 2.26. The first-order chi connectivity index (χ1) is 8.09. The van der Waals surface area contributed by atoms with Crippen molar-refractivity contribution in [2.45, 2.75) is 43.9 Å². The lowest BCUT2D eigenvalue weighted by molar-refractivity contribution is 0.155. The van der Waals surface area contributed by atoms with E-state index in [1.165, 1.54) is 5.56 Å². The van der Waals surface area contributed by atoms with Gasteiger partial charge in [0.1, 0.15) is 0 Å². The Morgan fingerprint density at radius 1 is 1.18 bits per heavy atom. The van der Waals surface area contributed by atoms with Gasteiger partial charge in [-0.1, -0.05) is 44.2 Å². The van der Waals surface area contributed by atoms with Gasteiger partial charge in [0, 0.05) is 5.75 Å². The number of benzene rings is 1. The summed E-state index contributed by atoms with van der Waals surface area (Å²) in [6.07, 6.45) is 1.42. The maximum absolute atomic E-state index is 9.90. The number of aliphatic hydroxyl groups is 1. The second kappa shape index (κ2) is 7.75. The van der Waals surface area contributed by atoms with Gasteiger partial charge >= 0.3 is 0 Å². The van der Waals surface area contributed by atoms with Gasteiger partial charge in [0.15, 0.2) is 0 Å². The largest absolute Gasteiger partial charge is 0.391 e. The summed E-state index contributed by atoms with van der Waals surface area (Å²) in [5.74, 6) is 1.48. The molecule has 0 aromatic heterocycles. The zero-order valence-corrected chi connectivity index (χ0v) is 11.5. The van der Waals surface area contributed by atoms with Crippen molar-refractivity contribution in [1.82, 2.24) is 0 Å². The molecule has 3 heteroatoms. The normalized spacial score (nSPS) is 14.9. The SMILES string of the molecule is CC(C)CCC(O)C(N)SCc1ccccc1. The Bertz CT molecular complexity index is 302. The third-order valence-electron chi connectivity index (χ3n) is 2.70. The highest BCUT2D eigenvalue weighted by Gasteiger charge is 2.15. The zero-order chi connectivity index (χ0) is 12.7. The van der Waals surface area contributed by atoms with Crippen molar-refractivity contribution in [3.05, 3.63) is 35.9 Å². The molecule has 1 aromatic carbocycles. The standard InChI is InChI=1S/C14H23NOS/c1-11(2)8-9-13(16)14(15)17-10-12-6-4-3-5-7-12/h3-7,11,13-14,16H,8-10,15H2,1-2H3. The maximum atomic E-state index is 9.90. The highest BCUT2D eigenvalue weighted by molar-refractivity contribution is 7.99. The fourth-order valence-corrected chi connectivity index (χ4v) is 2.48. The fourth-order valence-electron chi connectivity index (χ4n) is 1.55. The lowest BCUT2D eigenvalue weighted by atomic mass is 10.1. The van der Waals surface area contributed by atoms with Crippen molar-refractivity contribution in [1.29, 1.82) is 0 Å². The first kappa shape index (κ1) is 14.6. The van der Waals surface area contributed by atoms with Crippen molar-refractivity contribution in [3.63, 3.8) is 0 Å². The second-order valence-electron chi connectivity index (χ2n) is 4.80. The quantitative estimate of drug-likeness (QED) is 0.734. The maximum Gasteiger partial charge on any atom is 0.0784 e. The first-order valence-electron chi connectivity index (χ1n) is 6.18. The molecule has 0 saturated heterocycles. The van der Waals surface area contributed by atoms with Gasteiger partial charge in [-0.15, -0.1) is 11.8 Å². The molecular formula is C14H23NOS.